The first-order valence-corrected chi connectivity index (χ1v) is 7.04. The molecule has 2 N–H and O–H groups in total. The molecule has 1 aliphatic carbocycles. The number of halogens is 4. The van der Waals surface area contributed by atoms with E-state index < -0.39 is 35.4 Å². The van der Waals surface area contributed by atoms with E-state index in [4.69, 9.17) is 0 Å². The van der Waals surface area contributed by atoms with Gasteiger partial charge in [-0.3, -0.25) is 0 Å². The van der Waals surface area contributed by atoms with Gasteiger partial charge in [-0.1, -0.05) is 12.2 Å². The first-order valence-electron chi connectivity index (χ1n) is 7.04. The third-order valence-electron chi connectivity index (χ3n) is 3.29. The minimum Gasteiger partial charge on any atom is -0.357 e. The highest BCUT2D eigenvalue weighted by atomic mass is 19.2. The molecule has 120 valence electrons. The smallest absolute Gasteiger partial charge is 0.191 e. The Bertz CT molecular complexity index is 565. The van der Waals surface area contributed by atoms with Crippen LogP contribution in [0.5, 0.6) is 0 Å². The minimum atomic E-state index is -1.43. The van der Waals surface area contributed by atoms with Gasteiger partial charge in [0, 0.05) is 18.7 Å². The number of guanidine groups is 1. The highest BCUT2D eigenvalue weighted by Crippen LogP contribution is 2.20. The van der Waals surface area contributed by atoms with Gasteiger partial charge >= 0.3 is 0 Å². The molecule has 0 saturated heterocycles. The van der Waals surface area contributed by atoms with Crippen LogP contribution in [0.25, 0.3) is 0 Å². The Morgan fingerprint density at radius 2 is 1.73 bits per heavy atom. The molecule has 1 aliphatic rings. The zero-order valence-corrected chi connectivity index (χ0v) is 12.1. The predicted octanol–water partition coefficient (Wildman–Crippen LogP) is 3.02. The van der Waals surface area contributed by atoms with Gasteiger partial charge in [-0.05, 0) is 19.8 Å². The number of aliphatic imine (C=N–C) groups is 1. The van der Waals surface area contributed by atoms with Crippen molar-refractivity contribution in [3.05, 3.63) is 47.1 Å². The van der Waals surface area contributed by atoms with Gasteiger partial charge in [0.2, 0.25) is 0 Å². The van der Waals surface area contributed by atoms with Gasteiger partial charge in [-0.2, -0.15) is 0 Å². The Labute approximate surface area is 126 Å². The number of hydrogen-bond donors (Lipinski definition) is 2. The summed E-state index contributed by atoms with van der Waals surface area (Å²) < 4.78 is 53.5. The molecule has 0 fully saturated rings. The number of benzene rings is 1. The van der Waals surface area contributed by atoms with Crippen molar-refractivity contribution in [2.24, 2.45) is 4.99 Å². The molecule has 7 heteroatoms. The zero-order chi connectivity index (χ0) is 16.1. The van der Waals surface area contributed by atoms with Crippen LogP contribution in [-0.4, -0.2) is 18.5 Å². The monoisotopic (exact) mass is 315 g/mol. The molecular weight excluding hydrogens is 298 g/mol. The molecular formula is C15H17F4N3. The predicted molar refractivity (Wildman–Crippen MR) is 76.4 cm³/mol. The van der Waals surface area contributed by atoms with Crippen LogP contribution < -0.4 is 10.6 Å². The molecule has 0 bridgehead atoms. The molecule has 0 amide bonds. The standard InChI is InChI=1S/C15H17F4N3/c1-2-20-15(22-9-5-3-4-6-9)21-8-10-13(18)11(16)7-12(17)14(10)19/h3-4,7,9H,2,5-6,8H2,1H3,(H2,20,21,22). The lowest BCUT2D eigenvalue weighted by molar-refractivity contribution is 0.439. The van der Waals surface area contributed by atoms with E-state index in [-0.39, 0.29) is 12.1 Å². The number of nitrogens with one attached hydrogen (secondary N) is 2. The lowest BCUT2D eigenvalue weighted by Crippen LogP contribution is -2.42. The third kappa shape index (κ3) is 3.78. The Morgan fingerprint density at radius 3 is 2.27 bits per heavy atom. The van der Waals surface area contributed by atoms with Crippen LogP contribution in [0.1, 0.15) is 25.3 Å². The molecule has 0 spiro atoms. The van der Waals surface area contributed by atoms with Crippen LogP contribution in [0.2, 0.25) is 0 Å². The van der Waals surface area contributed by atoms with Crippen molar-refractivity contribution < 1.29 is 17.6 Å². The normalized spacial score (nSPS) is 15.4. The van der Waals surface area contributed by atoms with E-state index >= 15 is 0 Å². The van der Waals surface area contributed by atoms with Gasteiger partial charge in [0.1, 0.15) is 0 Å². The van der Waals surface area contributed by atoms with E-state index in [1.54, 1.807) is 0 Å². The molecule has 0 atom stereocenters. The molecule has 2 rings (SSSR count). The SMILES string of the molecule is CCNC(=NCc1c(F)c(F)cc(F)c1F)NC1CC=CC1. The molecule has 0 unspecified atom stereocenters. The van der Waals surface area contributed by atoms with Crippen molar-refractivity contribution in [2.75, 3.05) is 6.54 Å². The summed E-state index contributed by atoms with van der Waals surface area (Å²) in [6.45, 7) is 1.89. The highest BCUT2D eigenvalue weighted by molar-refractivity contribution is 5.80. The van der Waals surface area contributed by atoms with Crippen LogP contribution >= 0.6 is 0 Å². The van der Waals surface area contributed by atoms with E-state index in [1.807, 2.05) is 19.1 Å². The molecule has 0 aromatic heterocycles. The van der Waals surface area contributed by atoms with Crippen molar-refractivity contribution in [3.8, 4) is 0 Å². The first kappa shape index (κ1) is 16.3. The van der Waals surface area contributed by atoms with E-state index in [0.717, 1.165) is 12.8 Å². The Kier molecular flexibility index (Phi) is 5.41. The average Bonchev–Trinajstić information content (AvgIpc) is 2.98. The van der Waals surface area contributed by atoms with Crippen LogP contribution in [0.3, 0.4) is 0 Å². The Hall–Kier alpha value is -2.05. The number of rotatable bonds is 4. The Morgan fingerprint density at radius 1 is 1.14 bits per heavy atom. The molecule has 0 heterocycles. The summed E-state index contributed by atoms with van der Waals surface area (Å²) in [6.07, 6.45) is 5.68. The van der Waals surface area contributed by atoms with Crippen molar-refractivity contribution in [1.29, 1.82) is 0 Å². The zero-order valence-electron chi connectivity index (χ0n) is 12.1. The second-order valence-electron chi connectivity index (χ2n) is 4.93. The lowest BCUT2D eigenvalue weighted by Gasteiger charge is -2.16. The van der Waals surface area contributed by atoms with Crippen molar-refractivity contribution in [3.63, 3.8) is 0 Å². The fourth-order valence-corrected chi connectivity index (χ4v) is 2.17. The maximum Gasteiger partial charge on any atom is 0.191 e. The maximum atomic E-state index is 13.6. The van der Waals surface area contributed by atoms with Crippen molar-refractivity contribution in [2.45, 2.75) is 32.4 Å². The third-order valence-corrected chi connectivity index (χ3v) is 3.29. The van der Waals surface area contributed by atoms with Crippen LogP contribution in [0.15, 0.2) is 23.2 Å². The summed E-state index contributed by atoms with van der Waals surface area (Å²) in [5, 5.41) is 6.03. The van der Waals surface area contributed by atoms with Gasteiger partial charge in [-0.15, -0.1) is 0 Å². The molecule has 0 aliphatic heterocycles. The summed E-state index contributed by atoms with van der Waals surface area (Å²) in [6, 6.07) is 0.336. The van der Waals surface area contributed by atoms with Crippen molar-refractivity contribution in [1.82, 2.24) is 10.6 Å². The van der Waals surface area contributed by atoms with E-state index in [1.165, 1.54) is 0 Å². The molecule has 1 aromatic carbocycles. The first-order chi connectivity index (χ1) is 10.5. The fraction of sp³-hybridized carbons (Fsp3) is 0.400. The number of hydrogen-bond acceptors (Lipinski definition) is 1. The second kappa shape index (κ2) is 7.29. The van der Waals surface area contributed by atoms with Gasteiger partial charge in [0.05, 0.1) is 12.1 Å². The quantitative estimate of drug-likeness (QED) is 0.295. The summed E-state index contributed by atoms with van der Waals surface area (Å²) in [7, 11) is 0. The summed E-state index contributed by atoms with van der Waals surface area (Å²) in [4.78, 5) is 4.00. The Balaban J connectivity index is 2.16. The molecule has 0 saturated carbocycles. The fourth-order valence-electron chi connectivity index (χ4n) is 2.17. The topological polar surface area (TPSA) is 36.4 Å². The molecule has 3 nitrogen and oxygen atoms in total. The summed E-state index contributed by atoms with van der Waals surface area (Å²) in [5.74, 6) is -5.34. The summed E-state index contributed by atoms with van der Waals surface area (Å²) in [5.41, 5.74) is -0.723. The molecule has 1 aromatic rings. The average molecular weight is 315 g/mol. The second-order valence-corrected chi connectivity index (χ2v) is 4.93. The van der Waals surface area contributed by atoms with Gasteiger partial charge in [0.25, 0.3) is 0 Å². The molecule has 22 heavy (non-hydrogen) atoms. The minimum absolute atomic E-state index is 0.150. The highest BCUT2D eigenvalue weighted by Gasteiger charge is 2.19. The van der Waals surface area contributed by atoms with Gasteiger partial charge < -0.3 is 10.6 Å². The lowest BCUT2D eigenvalue weighted by atomic mass is 10.2. The van der Waals surface area contributed by atoms with Gasteiger partial charge in [0.15, 0.2) is 29.2 Å². The van der Waals surface area contributed by atoms with Crippen LogP contribution in [0.4, 0.5) is 17.6 Å². The van der Waals surface area contributed by atoms with Crippen molar-refractivity contribution >= 4 is 5.96 Å². The maximum absolute atomic E-state index is 13.6. The van der Waals surface area contributed by atoms with Crippen LogP contribution in [-0.2, 0) is 6.54 Å². The molecule has 0 radical (unpaired) electrons. The summed E-state index contributed by atoms with van der Waals surface area (Å²) >= 11 is 0. The van der Waals surface area contributed by atoms with Crippen LogP contribution in [0, 0.1) is 23.3 Å². The largest absolute Gasteiger partial charge is 0.357 e. The van der Waals surface area contributed by atoms with E-state index in [9.17, 15) is 17.6 Å². The van der Waals surface area contributed by atoms with Gasteiger partial charge in [-0.25, -0.2) is 22.6 Å². The van der Waals surface area contributed by atoms with E-state index in [2.05, 4.69) is 15.6 Å². The number of nitrogens with zero attached hydrogens (tertiary/aromatic N) is 1. The van der Waals surface area contributed by atoms with E-state index in [0.29, 0.717) is 12.5 Å².